The summed E-state index contributed by atoms with van der Waals surface area (Å²) in [6.45, 7) is 8.02. The van der Waals surface area contributed by atoms with Crippen LogP contribution in [-0.4, -0.2) is 54.5 Å². The highest BCUT2D eigenvalue weighted by atomic mass is 16.5. The Hall–Kier alpha value is -4.01. The Kier molecular flexibility index (Phi) is 12.1. The van der Waals surface area contributed by atoms with Crippen LogP contribution in [0.5, 0.6) is 0 Å². The summed E-state index contributed by atoms with van der Waals surface area (Å²) in [6.07, 6.45) is 1.39. The normalized spacial score (nSPS) is 12.4. The van der Waals surface area contributed by atoms with E-state index in [2.05, 4.69) is 11.4 Å². The van der Waals surface area contributed by atoms with Gasteiger partial charge in [0.25, 0.3) is 5.91 Å². The number of hydrogen-bond acceptors (Lipinski definition) is 6. The fourth-order valence-electron chi connectivity index (χ4n) is 4.73. The first-order chi connectivity index (χ1) is 19.7. The quantitative estimate of drug-likeness (QED) is 0.240. The van der Waals surface area contributed by atoms with Gasteiger partial charge in [-0.25, -0.2) is 4.79 Å². The lowest BCUT2D eigenvalue weighted by atomic mass is 10.00. The first kappa shape index (κ1) is 31.5. The monoisotopic (exact) mass is 558 g/mol. The van der Waals surface area contributed by atoms with Gasteiger partial charge in [-0.1, -0.05) is 74.0 Å². The molecule has 3 rings (SSSR count). The van der Waals surface area contributed by atoms with Crippen molar-refractivity contribution in [3.05, 3.63) is 106 Å². The molecule has 8 heteroatoms. The van der Waals surface area contributed by atoms with Crippen LogP contribution in [0.4, 0.5) is 0 Å². The van der Waals surface area contributed by atoms with Crippen molar-refractivity contribution in [2.75, 3.05) is 19.6 Å². The largest absolute Gasteiger partial charge is 0.456 e. The molecular formula is C33H42N4O4. The minimum absolute atomic E-state index is 0.0681. The second kappa shape index (κ2) is 15.7. The Bertz CT molecular complexity index is 1310. The standard InChI is InChI=1S/C33H42N4O4/c1-4-14-37(15-5-2)32(39)27-18-26(31(35)38)19-28(20-27)33(40)41-30(22-36-21-24-11-7-6-8-12-24)29(34)17-25-13-9-10-23(3)16-25/h6-13,16,18-20,29-30,36H,4-5,14-15,17,21-22,34H2,1-3H3,(H2,35,38). The van der Waals surface area contributed by atoms with E-state index in [0.717, 1.165) is 29.5 Å². The van der Waals surface area contributed by atoms with E-state index in [9.17, 15) is 14.4 Å². The third-order valence-electron chi connectivity index (χ3n) is 6.78. The number of esters is 1. The number of primary amides is 1. The average molecular weight is 559 g/mol. The van der Waals surface area contributed by atoms with Gasteiger partial charge in [0.1, 0.15) is 6.10 Å². The van der Waals surface area contributed by atoms with E-state index in [1.165, 1.54) is 18.2 Å². The van der Waals surface area contributed by atoms with Crippen molar-refractivity contribution < 1.29 is 19.1 Å². The van der Waals surface area contributed by atoms with Crippen molar-refractivity contribution in [3.63, 3.8) is 0 Å². The van der Waals surface area contributed by atoms with Crippen LogP contribution in [0.2, 0.25) is 0 Å². The maximum Gasteiger partial charge on any atom is 0.338 e. The molecule has 0 heterocycles. The van der Waals surface area contributed by atoms with Crippen molar-refractivity contribution in [3.8, 4) is 0 Å². The molecule has 218 valence electrons. The molecule has 0 aliphatic carbocycles. The molecule has 2 unspecified atom stereocenters. The number of nitrogens with two attached hydrogens (primary N) is 2. The van der Waals surface area contributed by atoms with Gasteiger partial charge < -0.3 is 26.4 Å². The van der Waals surface area contributed by atoms with Crippen LogP contribution >= 0.6 is 0 Å². The molecule has 0 aromatic heterocycles. The summed E-state index contributed by atoms with van der Waals surface area (Å²) in [5, 5.41) is 3.35. The summed E-state index contributed by atoms with van der Waals surface area (Å²) in [5.74, 6) is -1.67. The molecule has 0 aliphatic rings. The molecule has 41 heavy (non-hydrogen) atoms. The lowest BCUT2D eigenvalue weighted by Gasteiger charge is -2.25. The van der Waals surface area contributed by atoms with Crippen LogP contribution in [0.15, 0.2) is 72.8 Å². The Morgan fingerprint density at radius 1 is 0.854 bits per heavy atom. The summed E-state index contributed by atoms with van der Waals surface area (Å²) in [7, 11) is 0. The van der Waals surface area contributed by atoms with Gasteiger partial charge in [0.15, 0.2) is 0 Å². The van der Waals surface area contributed by atoms with Crippen molar-refractivity contribution in [2.45, 2.75) is 58.7 Å². The molecule has 0 saturated heterocycles. The third kappa shape index (κ3) is 9.55. The number of amides is 2. The number of rotatable bonds is 15. The van der Waals surface area contributed by atoms with Crippen molar-refractivity contribution in [1.82, 2.24) is 10.2 Å². The molecule has 0 spiro atoms. The van der Waals surface area contributed by atoms with E-state index in [0.29, 0.717) is 32.6 Å². The lowest BCUT2D eigenvalue weighted by molar-refractivity contribution is 0.0238. The van der Waals surface area contributed by atoms with Gasteiger partial charge in [0, 0.05) is 43.3 Å². The van der Waals surface area contributed by atoms with Crippen molar-refractivity contribution in [1.29, 1.82) is 0 Å². The molecule has 0 bridgehead atoms. The molecule has 3 aromatic rings. The maximum absolute atomic E-state index is 13.5. The zero-order chi connectivity index (χ0) is 29.8. The average Bonchev–Trinajstić information content (AvgIpc) is 2.96. The van der Waals surface area contributed by atoms with E-state index < -0.39 is 24.0 Å². The molecule has 8 nitrogen and oxygen atoms in total. The predicted octanol–water partition coefficient (Wildman–Crippen LogP) is 4.24. The van der Waals surface area contributed by atoms with Gasteiger partial charge in [-0.15, -0.1) is 0 Å². The van der Waals surface area contributed by atoms with E-state index in [-0.39, 0.29) is 22.6 Å². The number of hydrogen-bond donors (Lipinski definition) is 3. The lowest BCUT2D eigenvalue weighted by Crippen LogP contribution is -2.46. The van der Waals surface area contributed by atoms with Crippen molar-refractivity contribution >= 4 is 17.8 Å². The fraction of sp³-hybridized carbons (Fsp3) is 0.364. The highest BCUT2D eigenvalue weighted by molar-refractivity contribution is 6.03. The zero-order valence-electron chi connectivity index (χ0n) is 24.3. The van der Waals surface area contributed by atoms with E-state index in [1.807, 2.05) is 69.3 Å². The van der Waals surface area contributed by atoms with Crippen LogP contribution in [0.3, 0.4) is 0 Å². The Balaban J connectivity index is 1.85. The minimum atomic E-state index is -0.733. The smallest absolute Gasteiger partial charge is 0.338 e. The highest BCUT2D eigenvalue weighted by Gasteiger charge is 2.25. The summed E-state index contributed by atoms with van der Waals surface area (Å²) in [4.78, 5) is 40.6. The SMILES string of the molecule is CCCN(CCC)C(=O)c1cc(C(N)=O)cc(C(=O)OC(CNCc2ccccc2)C(N)Cc2cccc(C)c2)c1. The Morgan fingerprint density at radius 3 is 2.12 bits per heavy atom. The molecule has 0 radical (unpaired) electrons. The van der Waals surface area contributed by atoms with Crippen molar-refractivity contribution in [2.24, 2.45) is 11.5 Å². The van der Waals surface area contributed by atoms with Crippen LogP contribution in [0.25, 0.3) is 0 Å². The van der Waals surface area contributed by atoms with E-state index in [4.69, 9.17) is 16.2 Å². The first-order valence-electron chi connectivity index (χ1n) is 14.2. The first-order valence-corrected chi connectivity index (χ1v) is 14.2. The summed E-state index contributed by atoms with van der Waals surface area (Å²) in [6, 6.07) is 21.7. The number of aryl methyl sites for hydroxylation is 1. The molecule has 0 aliphatic heterocycles. The number of benzene rings is 3. The number of nitrogens with one attached hydrogen (secondary N) is 1. The third-order valence-corrected chi connectivity index (χ3v) is 6.78. The Morgan fingerprint density at radius 2 is 1.49 bits per heavy atom. The number of carbonyl (C=O) groups is 3. The Labute approximate surface area is 243 Å². The van der Waals surface area contributed by atoms with E-state index in [1.54, 1.807) is 4.90 Å². The molecular weight excluding hydrogens is 516 g/mol. The molecule has 0 saturated carbocycles. The highest BCUT2D eigenvalue weighted by Crippen LogP contribution is 2.17. The van der Waals surface area contributed by atoms with Crippen LogP contribution < -0.4 is 16.8 Å². The summed E-state index contributed by atoms with van der Waals surface area (Å²) < 4.78 is 5.96. The van der Waals surface area contributed by atoms with Crippen LogP contribution in [0, 0.1) is 6.92 Å². The number of carbonyl (C=O) groups excluding carboxylic acids is 3. The van der Waals surface area contributed by atoms with Gasteiger partial charge in [-0.05, 0) is 55.5 Å². The van der Waals surface area contributed by atoms with Gasteiger partial charge in [0.2, 0.25) is 5.91 Å². The molecule has 3 aromatic carbocycles. The summed E-state index contributed by atoms with van der Waals surface area (Å²) >= 11 is 0. The maximum atomic E-state index is 13.5. The number of ether oxygens (including phenoxy) is 1. The van der Waals surface area contributed by atoms with Crippen LogP contribution in [-0.2, 0) is 17.7 Å². The van der Waals surface area contributed by atoms with Crippen LogP contribution in [0.1, 0.15) is 74.5 Å². The van der Waals surface area contributed by atoms with Gasteiger partial charge >= 0.3 is 5.97 Å². The second-order valence-electron chi connectivity index (χ2n) is 10.4. The zero-order valence-corrected chi connectivity index (χ0v) is 24.3. The van der Waals surface area contributed by atoms with Gasteiger partial charge in [-0.2, -0.15) is 0 Å². The second-order valence-corrected chi connectivity index (χ2v) is 10.4. The predicted molar refractivity (Wildman–Crippen MR) is 162 cm³/mol. The van der Waals surface area contributed by atoms with Gasteiger partial charge in [-0.3, -0.25) is 9.59 Å². The summed E-state index contributed by atoms with van der Waals surface area (Å²) in [5.41, 5.74) is 15.8. The molecule has 2 atom stereocenters. The fourth-order valence-corrected chi connectivity index (χ4v) is 4.73. The minimum Gasteiger partial charge on any atom is -0.456 e. The molecule has 2 amide bonds. The molecule has 0 fully saturated rings. The number of nitrogens with zero attached hydrogens (tertiary/aromatic N) is 1. The topological polar surface area (TPSA) is 128 Å². The van der Waals surface area contributed by atoms with E-state index >= 15 is 0 Å². The van der Waals surface area contributed by atoms with Gasteiger partial charge in [0.05, 0.1) is 5.56 Å². The molecule has 5 N–H and O–H groups in total.